The Kier molecular flexibility index (Phi) is 2.49. The maximum absolute atomic E-state index is 5.66. The standard InChI is InChI=1S/C8H17N7/c1-11-8(15-4-2-3-5-15)13-6(9)12-7(10)14-8/h11H,2-5H2,1H3,(H5,9,10,12,13,14). The molecule has 0 aliphatic carbocycles. The van der Waals surface area contributed by atoms with Crippen LogP contribution in [-0.4, -0.2) is 42.9 Å². The molecule has 0 atom stereocenters. The van der Waals surface area contributed by atoms with Crippen molar-refractivity contribution < 1.29 is 0 Å². The quantitative estimate of drug-likeness (QED) is 0.429. The third kappa shape index (κ3) is 1.75. The topological polar surface area (TPSA) is 104 Å². The van der Waals surface area contributed by atoms with Gasteiger partial charge in [-0.05, 0) is 19.9 Å². The first-order chi connectivity index (χ1) is 7.16. The molecule has 0 aromatic carbocycles. The Balaban J connectivity index is 2.30. The number of aliphatic imine (C=N–C) groups is 2. The van der Waals surface area contributed by atoms with Crippen LogP contribution in [0.4, 0.5) is 0 Å². The number of nitrogens with one attached hydrogen (secondary N) is 2. The van der Waals surface area contributed by atoms with E-state index in [1.807, 2.05) is 0 Å². The minimum absolute atomic E-state index is 0.295. The summed E-state index contributed by atoms with van der Waals surface area (Å²) in [5.41, 5.74) is 11.3. The highest BCUT2D eigenvalue weighted by Gasteiger charge is 2.39. The van der Waals surface area contributed by atoms with Gasteiger partial charge in [-0.2, -0.15) is 9.98 Å². The second-order valence-electron chi connectivity index (χ2n) is 3.70. The molecular formula is C8H17N7. The number of nitrogens with zero attached hydrogens (tertiary/aromatic N) is 3. The van der Waals surface area contributed by atoms with E-state index in [0.717, 1.165) is 25.9 Å². The highest BCUT2D eigenvalue weighted by molar-refractivity contribution is 5.98. The van der Waals surface area contributed by atoms with Crippen molar-refractivity contribution in [1.82, 2.24) is 15.5 Å². The van der Waals surface area contributed by atoms with E-state index in [1.54, 1.807) is 7.05 Å². The van der Waals surface area contributed by atoms with Gasteiger partial charge in [0.1, 0.15) is 0 Å². The normalized spacial score (nSPS) is 25.7. The molecule has 7 heteroatoms. The predicted molar refractivity (Wildman–Crippen MR) is 59.0 cm³/mol. The average Bonchev–Trinajstić information content (AvgIpc) is 2.69. The van der Waals surface area contributed by atoms with E-state index in [9.17, 15) is 0 Å². The molecule has 2 aliphatic heterocycles. The van der Waals surface area contributed by atoms with Crippen molar-refractivity contribution in [3.63, 3.8) is 0 Å². The fourth-order valence-electron chi connectivity index (χ4n) is 1.99. The molecule has 15 heavy (non-hydrogen) atoms. The van der Waals surface area contributed by atoms with Crippen molar-refractivity contribution in [3.8, 4) is 0 Å². The number of hydrogen-bond acceptors (Lipinski definition) is 7. The van der Waals surface area contributed by atoms with Crippen molar-refractivity contribution in [2.75, 3.05) is 20.1 Å². The fraction of sp³-hybridized carbons (Fsp3) is 0.750. The zero-order valence-electron chi connectivity index (χ0n) is 8.82. The molecule has 2 heterocycles. The first kappa shape index (κ1) is 10.2. The molecule has 0 spiro atoms. The third-order valence-corrected chi connectivity index (χ3v) is 2.69. The minimum atomic E-state index is -0.810. The Labute approximate surface area is 88.6 Å². The second-order valence-corrected chi connectivity index (χ2v) is 3.70. The molecule has 1 fully saturated rings. The van der Waals surface area contributed by atoms with Crippen LogP contribution in [0.3, 0.4) is 0 Å². The van der Waals surface area contributed by atoms with Crippen LogP contribution < -0.4 is 22.1 Å². The van der Waals surface area contributed by atoms with E-state index < -0.39 is 5.91 Å². The zero-order valence-corrected chi connectivity index (χ0v) is 8.82. The monoisotopic (exact) mass is 211 g/mol. The molecule has 0 unspecified atom stereocenters. The van der Waals surface area contributed by atoms with Gasteiger partial charge in [0.05, 0.1) is 0 Å². The van der Waals surface area contributed by atoms with E-state index in [-0.39, 0.29) is 0 Å². The van der Waals surface area contributed by atoms with Crippen LogP contribution >= 0.6 is 0 Å². The first-order valence-corrected chi connectivity index (χ1v) is 5.08. The lowest BCUT2D eigenvalue weighted by Gasteiger charge is -2.36. The smallest absolute Gasteiger partial charge is 0.273 e. The highest BCUT2D eigenvalue weighted by atomic mass is 15.6. The Hall–Kier alpha value is -1.34. The van der Waals surface area contributed by atoms with Gasteiger partial charge in [-0.1, -0.05) is 0 Å². The van der Waals surface area contributed by atoms with Gasteiger partial charge < -0.3 is 11.5 Å². The molecule has 0 radical (unpaired) electrons. The van der Waals surface area contributed by atoms with Gasteiger partial charge in [0.2, 0.25) is 0 Å². The molecular weight excluding hydrogens is 194 g/mol. The Morgan fingerprint density at radius 2 is 1.80 bits per heavy atom. The summed E-state index contributed by atoms with van der Waals surface area (Å²) in [6.45, 7) is 1.91. The van der Waals surface area contributed by atoms with Gasteiger partial charge in [-0.15, -0.1) is 0 Å². The molecule has 0 bridgehead atoms. The maximum Gasteiger partial charge on any atom is 0.273 e. The largest absolute Gasteiger partial charge is 0.369 e. The van der Waals surface area contributed by atoms with Crippen LogP contribution in [0.15, 0.2) is 9.98 Å². The zero-order chi connectivity index (χ0) is 10.9. The Morgan fingerprint density at radius 3 is 2.27 bits per heavy atom. The summed E-state index contributed by atoms with van der Waals surface area (Å²) >= 11 is 0. The maximum atomic E-state index is 5.66. The van der Waals surface area contributed by atoms with Gasteiger partial charge in [-0.3, -0.25) is 10.6 Å². The van der Waals surface area contributed by atoms with Crippen molar-refractivity contribution in [2.24, 2.45) is 21.5 Å². The molecule has 0 saturated carbocycles. The average molecular weight is 211 g/mol. The molecule has 2 rings (SSSR count). The number of hydrogen-bond donors (Lipinski definition) is 4. The molecule has 0 aromatic heterocycles. The Morgan fingerprint density at radius 1 is 1.27 bits per heavy atom. The third-order valence-electron chi connectivity index (χ3n) is 2.69. The minimum Gasteiger partial charge on any atom is -0.369 e. The first-order valence-electron chi connectivity index (χ1n) is 5.08. The molecule has 7 nitrogen and oxygen atoms in total. The van der Waals surface area contributed by atoms with Crippen molar-refractivity contribution in [3.05, 3.63) is 0 Å². The molecule has 6 N–H and O–H groups in total. The summed E-state index contributed by atoms with van der Waals surface area (Å²) in [6.07, 6.45) is 2.31. The summed E-state index contributed by atoms with van der Waals surface area (Å²) in [5.74, 6) is -0.219. The Bertz CT molecular complexity index is 284. The van der Waals surface area contributed by atoms with E-state index >= 15 is 0 Å². The number of guanidine groups is 2. The van der Waals surface area contributed by atoms with E-state index in [4.69, 9.17) is 11.5 Å². The summed E-state index contributed by atoms with van der Waals surface area (Å²) in [4.78, 5) is 10.7. The van der Waals surface area contributed by atoms with Gasteiger partial charge in [-0.25, -0.2) is 4.90 Å². The SMILES string of the molecule is CNC1(N2CCCC2)N=C(N)NC(N)=N1. The fourth-order valence-corrected chi connectivity index (χ4v) is 1.99. The predicted octanol–water partition coefficient (Wildman–Crippen LogP) is -1.85. The lowest BCUT2D eigenvalue weighted by Crippen LogP contribution is -2.61. The van der Waals surface area contributed by atoms with Crippen LogP contribution in [0.5, 0.6) is 0 Å². The highest BCUT2D eigenvalue weighted by Crippen LogP contribution is 2.22. The van der Waals surface area contributed by atoms with E-state index in [0.29, 0.717) is 11.9 Å². The van der Waals surface area contributed by atoms with Crippen LogP contribution in [0.1, 0.15) is 12.8 Å². The number of nitrogens with two attached hydrogens (primary N) is 2. The van der Waals surface area contributed by atoms with E-state index in [2.05, 4.69) is 25.5 Å². The van der Waals surface area contributed by atoms with Crippen LogP contribution in [0.2, 0.25) is 0 Å². The van der Waals surface area contributed by atoms with Crippen molar-refractivity contribution >= 4 is 11.9 Å². The lowest BCUT2D eigenvalue weighted by molar-refractivity contribution is 0.102. The van der Waals surface area contributed by atoms with E-state index in [1.165, 1.54) is 0 Å². The summed E-state index contributed by atoms with van der Waals surface area (Å²) < 4.78 is 0. The second kappa shape index (κ2) is 3.67. The summed E-state index contributed by atoms with van der Waals surface area (Å²) in [6, 6.07) is 0. The van der Waals surface area contributed by atoms with Gasteiger partial charge in [0.25, 0.3) is 5.91 Å². The van der Waals surface area contributed by atoms with Crippen molar-refractivity contribution in [2.45, 2.75) is 18.8 Å². The van der Waals surface area contributed by atoms with Crippen LogP contribution in [0, 0.1) is 0 Å². The van der Waals surface area contributed by atoms with Crippen molar-refractivity contribution in [1.29, 1.82) is 0 Å². The molecule has 0 aromatic rings. The van der Waals surface area contributed by atoms with Crippen LogP contribution in [0.25, 0.3) is 0 Å². The molecule has 2 aliphatic rings. The number of likely N-dealkylation sites (tertiary alicyclic amines) is 1. The molecule has 84 valence electrons. The molecule has 1 saturated heterocycles. The summed E-state index contributed by atoms with van der Waals surface area (Å²) in [5, 5.41) is 5.75. The number of rotatable bonds is 2. The summed E-state index contributed by atoms with van der Waals surface area (Å²) in [7, 11) is 1.80. The lowest BCUT2D eigenvalue weighted by atomic mass is 10.4. The van der Waals surface area contributed by atoms with Gasteiger partial charge in [0, 0.05) is 13.1 Å². The van der Waals surface area contributed by atoms with Crippen LogP contribution in [-0.2, 0) is 0 Å². The van der Waals surface area contributed by atoms with Gasteiger partial charge in [0.15, 0.2) is 11.9 Å². The molecule has 0 amide bonds. The van der Waals surface area contributed by atoms with Gasteiger partial charge >= 0.3 is 0 Å².